The largest absolute Gasteiger partial charge is 0.478 e. The number of hydrogen-bond donors (Lipinski definition) is 1. The molecule has 0 bridgehead atoms. The molecule has 5 nitrogen and oxygen atoms in total. The molecule has 1 fully saturated rings. The Morgan fingerprint density at radius 3 is 2.81 bits per heavy atom. The van der Waals surface area contributed by atoms with E-state index in [4.69, 9.17) is 16.7 Å². The molecule has 3 rings (SSSR count). The zero-order valence-corrected chi connectivity index (χ0v) is 12.7. The van der Waals surface area contributed by atoms with Crippen molar-refractivity contribution < 1.29 is 9.90 Å². The Kier molecular flexibility index (Phi) is 3.87. The maximum absolute atomic E-state index is 11.1. The maximum atomic E-state index is 11.1. The van der Waals surface area contributed by atoms with Crippen LogP contribution in [0.15, 0.2) is 18.3 Å². The Bertz CT molecular complexity index is 675. The number of carboxylic acids is 1. The summed E-state index contributed by atoms with van der Waals surface area (Å²) in [6.07, 6.45) is 3.88. The summed E-state index contributed by atoms with van der Waals surface area (Å²) >= 11 is 6.19. The third kappa shape index (κ3) is 2.63. The third-order valence-corrected chi connectivity index (χ3v) is 4.55. The monoisotopic (exact) mass is 307 g/mol. The molecule has 0 unspecified atom stereocenters. The highest BCUT2D eigenvalue weighted by Gasteiger charge is 2.24. The van der Waals surface area contributed by atoms with Crippen molar-refractivity contribution >= 4 is 23.1 Å². The van der Waals surface area contributed by atoms with Crippen LogP contribution in [0.5, 0.6) is 0 Å². The molecule has 0 atom stereocenters. The highest BCUT2D eigenvalue weighted by Crippen LogP contribution is 2.30. The topological polar surface area (TPSA) is 57.8 Å². The number of halogens is 1. The van der Waals surface area contributed by atoms with Gasteiger partial charge in [-0.25, -0.2) is 9.78 Å². The molecule has 1 aliphatic heterocycles. The maximum Gasteiger partial charge on any atom is 0.335 e. The summed E-state index contributed by atoms with van der Waals surface area (Å²) in [6.45, 7) is 5.40. The van der Waals surface area contributed by atoms with Crippen LogP contribution < -0.4 is 0 Å². The number of aromatic carboxylic acids is 1. The van der Waals surface area contributed by atoms with Gasteiger partial charge in [-0.3, -0.25) is 0 Å². The Balaban J connectivity index is 1.95. The van der Waals surface area contributed by atoms with Crippen LogP contribution in [-0.2, 0) is 0 Å². The first-order chi connectivity index (χ1) is 10.1. The third-order valence-electron chi connectivity index (χ3n) is 4.27. The van der Waals surface area contributed by atoms with Gasteiger partial charge < -0.3 is 14.4 Å². The summed E-state index contributed by atoms with van der Waals surface area (Å²) in [4.78, 5) is 18.0. The number of carbonyl (C=O) groups is 1. The lowest BCUT2D eigenvalue weighted by atomic mass is 9.96. The van der Waals surface area contributed by atoms with Gasteiger partial charge in [0, 0.05) is 12.1 Å². The molecule has 0 amide bonds. The van der Waals surface area contributed by atoms with Crippen LogP contribution in [0.3, 0.4) is 0 Å². The number of hydrogen-bond acceptors (Lipinski definition) is 3. The molecule has 0 saturated carbocycles. The number of carboxylic acid groups (broad SMARTS) is 1. The lowest BCUT2D eigenvalue weighted by Crippen LogP contribution is -2.33. The van der Waals surface area contributed by atoms with Crippen molar-refractivity contribution in [3.05, 3.63) is 34.9 Å². The number of fused-ring (bicyclic) bond motifs is 1. The minimum Gasteiger partial charge on any atom is -0.478 e. The fourth-order valence-corrected chi connectivity index (χ4v) is 3.23. The van der Waals surface area contributed by atoms with Crippen molar-refractivity contribution in [3.8, 4) is 0 Å². The summed E-state index contributed by atoms with van der Waals surface area (Å²) < 4.78 is 1.93. The van der Waals surface area contributed by atoms with Crippen LogP contribution in [-0.4, -0.2) is 45.0 Å². The van der Waals surface area contributed by atoms with Crippen molar-refractivity contribution in [2.24, 2.45) is 0 Å². The van der Waals surface area contributed by atoms with Gasteiger partial charge in [0.15, 0.2) is 5.15 Å². The first-order valence-corrected chi connectivity index (χ1v) is 7.61. The molecule has 1 saturated heterocycles. The molecular weight excluding hydrogens is 290 g/mol. The van der Waals surface area contributed by atoms with Crippen LogP contribution in [0.4, 0.5) is 0 Å². The number of pyridine rings is 1. The van der Waals surface area contributed by atoms with Crippen molar-refractivity contribution in [2.45, 2.75) is 25.7 Å². The molecule has 21 heavy (non-hydrogen) atoms. The van der Waals surface area contributed by atoms with E-state index in [0.29, 0.717) is 16.6 Å². The first-order valence-electron chi connectivity index (χ1n) is 7.23. The lowest BCUT2D eigenvalue weighted by Gasteiger charge is -2.30. The lowest BCUT2D eigenvalue weighted by molar-refractivity contribution is 0.0697. The Hall–Kier alpha value is -1.59. The Morgan fingerprint density at radius 1 is 1.48 bits per heavy atom. The highest BCUT2D eigenvalue weighted by molar-refractivity contribution is 6.32. The fraction of sp³-hybridized carbons (Fsp3) is 0.467. The van der Waals surface area contributed by atoms with Crippen molar-refractivity contribution in [1.29, 1.82) is 0 Å². The quantitative estimate of drug-likeness (QED) is 0.947. The van der Waals surface area contributed by atoms with Gasteiger partial charge in [0.1, 0.15) is 5.82 Å². The molecule has 0 aromatic carbocycles. The molecule has 0 spiro atoms. The summed E-state index contributed by atoms with van der Waals surface area (Å²) in [7, 11) is 0. The molecule has 2 aromatic heterocycles. The van der Waals surface area contributed by atoms with E-state index in [1.807, 2.05) is 4.40 Å². The highest BCUT2D eigenvalue weighted by atomic mass is 35.5. The van der Waals surface area contributed by atoms with Crippen molar-refractivity contribution in [1.82, 2.24) is 14.3 Å². The van der Waals surface area contributed by atoms with Gasteiger partial charge in [0.05, 0.1) is 11.1 Å². The second-order valence-corrected chi connectivity index (χ2v) is 5.80. The molecule has 0 aliphatic carbocycles. The molecule has 112 valence electrons. The van der Waals surface area contributed by atoms with Gasteiger partial charge in [-0.05, 0) is 44.6 Å². The summed E-state index contributed by atoms with van der Waals surface area (Å²) in [5.41, 5.74) is 0.904. The summed E-state index contributed by atoms with van der Waals surface area (Å²) in [6, 6.07) is 3.18. The minimum atomic E-state index is -0.951. The zero-order chi connectivity index (χ0) is 15.0. The van der Waals surface area contributed by atoms with E-state index in [1.54, 1.807) is 18.3 Å². The fourth-order valence-electron chi connectivity index (χ4n) is 3.00. The predicted octanol–water partition coefficient (Wildman–Crippen LogP) is 2.89. The standard InChI is InChI=1S/C15H18ClN3O2/c1-2-18-6-3-10(4-7-18)14-17-13(16)12-9-11(15(20)21)5-8-19(12)14/h5,8-10H,2-4,6-7H2,1H3,(H,20,21). The Morgan fingerprint density at radius 2 is 2.19 bits per heavy atom. The van der Waals surface area contributed by atoms with E-state index >= 15 is 0 Å². The van der Waals surface area contributed by atoms with Crippen LogP contribution in [0.1, 0.15) is 41.9 Å². The number of imidazole rings is 1. The molecule has 1 aliphatic rings. The van der Waals surface area contributed by atoms with Gasteiger partial charge in [0.2, 0.25) is 0 Å². The van der Waals surface area contributed by atoms with Crippen LogP contribution >= 0.6 is 11.6 Å². The van der Waals surface area contributed by atoms with Gasteiger partial charge in [-0.1, -0.05) is 18.5 Å². The van der Waals surface area contributed by atoms with E-state index in [0.717, 1.165) is 38.3 Å². The van der Waals surface area contributed by atoms with E-state index < -0.39 is 5.97 Å². The van der Waals surface area contributed by atoms with Gasteiger partial charge in [-0.15, -0.1) is 0 Å². The molecule has 2 aromatic rings. The second kappa shape index (κ2) is 5.66. The summed E-state index contributed by atoms with van der Waals surface area (Å²) in [5, 5.41) is 9.45. The number of piperidine rings is 1. The minimum absolute atomic E-state index is 0.233. The van der Waals surface area contributed by atoms with Gasteiger partial charge in [0.25, 0.3) is 0 Å². The van der Waals surface area contributed by atoms with E-state index in [-0.39, 0.29) is 5.56 Å². The van der Waals surface area contributed by atoms with Crippen LogP contribution in [0.2, 0.25) is 5.15 Å². The number of rotatable bonds is 3. The summed E-state index contributed by atoms with van der Waals surface area (Å²) in [5.74, 6) is 0.374. The number of aromatic nitrogens is 2. The average molecular weight is 308 g/mol. The van der Waals surface area contributed by atoms with E-state index in [9.17, 15) is 4.79 Å². The van der Waals surface area contributed by atoms with Crippen LogP contribution in [0, 0.1) is 0 Å². The molecule has 6 heteroatoms. The Labute approximate surface area is 128 Å². The molecule has 1 N–H and O–H groups in total. The van der Waals surface area contributed by atoms with Crippen LogP contribution in [0.25, 0.3) is 5.52 Å². The van der Waals surface area contributed by atoms with Crippen molar-refractivity contribution in [2.75, 3.05) is 19.6 Å². The van der Waals surface area contributed by atoms with Crippen molar-refractivity contribution in [3.63, 3.8) is 0 Å². The van der Waals surface area contributed by atoms with Gasteiger partial charge >= 0.3 is 5.97 Å². The SMILES string of the molecule is CCN1CCC(c2nc(Cl)c3cc(C(=O)O)ccn23)CC1. The smallest absolute Gasteiger partial charge is 0.335 e. The average Bonchev–Trinajstić information content (AvgIpc) is 2.84. The molecule has 3 heterocycles. The normalized spacial score (nSPS) is 17.4. The molecule has 0 radical (unpaired) electrons. The van der Waals surface area contributed by atoms with E-state index in [2.05, 4.69) is 16.8 Å². The van der Waals surface area contributed by atoms with E-state index in [1.165, 1.54) is 0 Å². The second-order valence-electron chi connectivity index (χ2n) is 5.45. The zero-order valence-electron chi connectivity index (χ0n) is 11.9. The predicted molar refractivity (Wildman–Crippen MR) is 81.3 cm³/mol. The number of nitrogens with zero attached hydrogens (tertiary/aromatic N) is 3. The number of likely N-dealkylation sites (tertiary alicyclic amines) is 1. The first kappa shape index (κ1) is 14.4. The van der Waals surface area contributed by atoms with Gasteiger partial charge in [-0.2, -0.15) is 0 Å². The molecular formula is C15H18ClN3O2.